The minimum absolute atomic E-state index is 0.0772. The van der Waals surface area contributed by atoms with Crippen LogP contribution in [0.15, 0.2) is 52.2 Å². The summed E-state index contributed by atoms with van der Waals surface area (Å²) in [5.41, 5.74) is 3.15. The van der Waals surface area contributed by atoms with Gasteiger partial charge in [-0.3, -0.25) is 9.52 Å². The fourth-order valence-corrected chi connectivity index (χ4v) is 5.79. The van der Waals surface area contributed by atoms with E-state index in [9.17, 15) is 13.2 Å². The lowest BCUT2D eigenvalue weighted by molar-refractivity contribution is -0.137. The van der Waals surface area contributed by atoms with Crippen molar-refractivity contribution in [3.8, 4) is 0 Å². The van der Waals surface area contributed by atoms with Crippen LogP contribution >= 0.6 is 15.9 Å². The van der Waals surface area contributed by atoms with Crippen molar-refractivity contribution in [2.75, 3.05) is 5.75 Å². The van der Waals surface area contributed by atoms with E-state index in [0.717, 1.165) is 47.8 Å². The summed E-state index contributed by atoms with van der Waals surface area (Å²) < 4.78 is 29.3. The number of rotatable bonds is 11. The summed E-state index contributed by atoms with van der Waals surface area (Å²) in [5.74, 6) is 0.119. The highest BCUT2D eigenvalue weighted by atomic mass is 79.9. The number of sulfonamides is 1. The summed E-state index contributed by atoms with van der Waals surface area (Å²) in [4.78, 5) is 10.6. The summed E-state index contributed by atoms with van der Waals surface area (Å²) in [5, 5.41) is 8.69. The van der Waals surface area contributed by atoms with Gasteiger partial charge in [0.1, 0.15) is 0 Å². The van der Waals surface area contributed by atoms with Crippen LogP contribution in [0.2, 0.25) is 0 Å². The molecule has 0 spiro atoms. The quantitative estimate of drug-likeness (QED) is 0.351. The topological polar surface area (TPSA) is 83.5 Å². The average Bonchev–Trinajstić information content (AvgIpc) is 3.26. The predicted molar refractivity (Wildman–Crippen MR) is 118 cm³/mol. The molecule has 1 saturated carbocycles. The molecule has 2 aliphatic carbocycles. The number of hydrogen-bond acceptors (Lipinski definition) is 3. The maximum Gasteiger partial charge on any atom is 0.303 e. The number of fused-ring (bicyclic) bond motifs is 2. The fraction of sp³-hybridized carbons (Fsp3) is 0.500. The molecule has 1 aromatic rings. The minimum Gasteiger partial charge on any atom is -0.481 e. The molecule has 0 heterocycles. The molecule has 0 aromatic heterocycles. The minimum atomic E-state index is -3.39. The summed E-state index contributed by atoms with van der Waals surface area (Å²) in [6.07, 6.45) is 10.1. The van der Waals surface area contributed by atoms with Gasteiger partial charge in [0.25, 0.3) is 0 Å². The van der Waals surface area contributed by atoms with Crippen molar-refractivity contribution in [2.45, 2.75) is 51.4 Å². The largest absolute Gasteiger partial charge is 0.481 e. The van der Waals surface area contributed by atoms with E-state index in [1.165, 1.54) is 5.57 Å². The van der Waals surface area contributed by atoms with E-state index in [4.69, 9.17) is 5.11 Å². The molecular weight excluding hydrogens is 454 g/mol. The number of carbonyl (C=O) groups is 1. The molecule has 2 unspecified atom stereocenters. The van der Waals surface area contributed by atoms with Gasteiger partial charge in [0.2, 0.25) is 10.0 Å². The monoisotopic (exact) mass is 481 g/mol. The Balaban J connectivity index is 1.59. The Morgan fingerprint density at radius 2 is 1.90 bits per heavy atom. The first kappa shape index (κ1) is 22.1. The Morgan fingerprint density at radius 3 is 2.62 bits per heavy atom. The third kappa shape index (κ3) is 6.44. The number of carboxylic acid groups (broad SMARTS) is 1. The zero-order valence-corrected chi connectivity index (χ0v) is 18.8. The third-order valence-electron chi connectivity index (χ3n) is 5.78. The fourth-order valence-electron chi connectivity index (χ4n) is 4.29. The third-order valence-corrected chi connectivity index (χ3v) is 7.58. The van der Waals surface area contributed by atoms with Crippen molar-refractivity contribution in [3.05, 3.63) is 57.7 Å². The summed E-state index contributed by atoms with van der Waals surface area (Å²) >= 11 is 3.39. The average molecular weight is 482 g/mol. The SMILES string of the molecule is O=C(O)CCCC=CCC1=C(NS(=O)(=O)CCc2ccc(Br)cc2)C2CCC1C2. The maximum absolute atomic E-state index is 12.7. The molecule has 3 rings (SSSR count). The van der Waals surface area contributed by atoms with Gasteiger partial charge in [-0.15, -0.1) is 0 Å². The smallest absolute Gasteiger partial charge is 0.303 e. The number of aliphatic carboxylic acids is 1. The van der Waals surface area contributed by atoms with Crippen LogP contribution in [0.4, 0.5) is 0 Å². The Kier molecular flexibility index (Phi) is 7.57. The van der Waals surface area contributed by atoms with Gasteiger partial charge in [-0.1, -0.05) is 40.2 Å². The highest BCUT2D eigenvalue weighted by molar-refractivity contribution is 9.10. The number of nitrogens with one attached hydrogen (secondary N) is 1. The zero-order valence-electron chi connectivity index (χ0n) is 16.4. The van der Waals surface area contributed by atoms with E-state index in [2.05, 4.69) is 26.7 Å². The number of hydrogen-bond donors (Lipinski definition) is 2. The van der Waals surface area contributed by atoms with Crippen molar-refractivity contribution in [1.82, 2.24) is 4.72 Å². The molecule has 0 radical (unpaired) electrons. The molecule has 2 N–H and O–H groups in total. The first-order valence-electron chi connectivity index (χ1n) is 10.2. The molecule has 7 heteroatoms. The van der Waals surface area contributed by atoms with Crippen LogP contribution in [0.3, 0.4) is 0 Å². The van der Waals surface area contributed by atoms with Gasteiger partial charge in [-0.2, -0.15) is 0 Å². The van der Waals surface area contributed by atoms with Crippen LogP contribution < -0.4 is 4.72 Å². The summed E-state index contributed by atoms with van der Waals surface area (Å²) in [6.45, 7) is 0. The van der Waals surface area contributed by atoms with Crippen LogP contribution in [-0.2, 0) is 21.2 Å². The standard InChI is InChI=1S/C22H28BrNO4S/c23-19-11-7-16(8-12-19)13-14-29(27,28)24-22-18-10-9-17(15-18)20(22)5-3-1-2-4-6-21(25)26/h1,3,7-8,11-12,17-18,24H,2,4-6,9-10,13-15H2,(H,25,26). The second-order valence-electron chi connectivity index (χ2n) is 7.90. The second kappa shape index (κ2) is 9.94. The first-order valence-corrected chi connectivity index (χ1v) is 12.6. The molecule has 0 saturated heterocycles. The van der Waals surface area contributed by atoms with Crippen molar-refractivity contribution in [3.63, 3.8) is 0 Å². The molecule has 2 aliphatic rings. The van der Waals surface area contributed by atoms with Crippen molar-refractivity contribution in [2.24, 2.45) is 11.8 Å². The van der Waals surface area contributed by atoms with Gasteiger partial charge in [-0.05, 0) is 74.1 Å². The zero-order chi connectivity index (χ0) is 20.9. The molecule has 2 bridgehead atoms. The first-order chi connectivity index (χ1) is 13.8. The molecule has 0 amide bonds. The van der Waals surface area contributed by atoms with Crippen molar-refractivity contribution >= 4 is 31.9 Å². The second-order valence-corrected chi connectivity index (χ2v) is 10.7. The van der Waals surface area contributed by atoms with Gasteiger partial charge < -0.3 is 5.11 Å². The highest BCUT2D eigenvalue weighted by Crippen LogP contribution is 2.49. The lowest BCUT2D eigenvalue weighted by Gasteiger charge is -2.21. The maximum atomic E-state index is 12.7. The molecule has 2 atom stereocenters. The molecule has 1 fully saturated rings. The Morgan fingerprint density at radius 1 is 1.17 bits per heavy atom. The van der Waals surface area contributed by atoms with Gasteiger partial charge in [0, 0.05) is 22.5 Å². The van der Waals surface area contributed by atoms with Crippen molar-refractivity contribution in [1.29, 1.82) is 0 Å². The van der Waals surface area contributed by atoms with Crippen LogP contribution in [-0.4, -0.2) is 25.2 Å². The molecule has 1 aromatic carbocycles. The lowest BCUT2D eigenvalue weighted by Crippen LogP contribution is -2.30. The Labute approximate surface area is 181 Å². The van der Waals surface area contributed by atoms with E-state index in [1.807, 2.05) is 30.3 Å². The van der Waals surface area contributed by atoms with Crippen LogP contribution in [0, 0.1) is 11.8 Å². The molecule has 158 valence electrons. The van der Waals surface area contributed by atoms with E-state index in [0.29, 0.717) is 24.7 Å². The predicted octanol–water partition coefficient (Wildman–Crippen LogP) is 4.80. The number of benzene rings is 1. The van der Waals surface area contributed by atoms with Gasteiger partial charge in [0.15, 0.2) is 0 Å². The highest BCUT2D eigenvalue weighted by Gasteiger charge is 2.39. The normalized spacial score (nSPS) is 21.3. The molecule has 5 nitrogen and oxygen atoms in total. The molecule has 0 aliphatic heterocycles. The van der Waals surface area contributed by atoms with Crippen LogP contribution in [0.25, 0.3) is 0 Å². The van der Waals surface area contributed by atoms with Crippen molar-refractivity contribution < 1.29 is 18.3 Å². The van der Waals surface area contributed by atoms with Gasteiger partial charge in [0.05, 0.1) is 5.75 Å². The van der Waals surface area contributed by atoms with Gasteiger partial charge >= 0.3 is 5.97 Å². The molecule has 29 heavy (non-hydrogen) atoms. The Bertz CT molecular complexity index is 890. The van der Waals surface area contributed by atoms with E-state index < -0.39 is 16.0 Å². The Hall–Kier alpha value is -1.60. The number of aryl methyl sites for hydroxylation is 1. The number of carboxylic acids is 1. The van der Waals surface area contributed by atoms with Gasteiger partial charge in [-0.25, -0.2) is 8.42 Å². The van der Waals surface area contributed by atoms with Crippen LogP contribution in [0.1, 0.15) is 50.5 Å². The van der Waals surface area contributed by atoms with E-state index in [-0.39, 0.29) is 12.2 Å². The number of unbranched alkanes of at least 4 members (excludes halogenated alkanes) is 1. The number of halogens is 1. The lowest BCUT2D eigenvalue weighted by atomic mass is 9.93. The molecular formula is C22H28BrNO4S. The summed E-state index contributed by atoms with van der Waals surface area (Å²) in [6, 6.07) is 7.73. The number of allylic oxidation sites excluding steroid dienone is 4. The van der Waals surface area contributed by atoms with Crippen LogP contribution in [0.5, 0.6) is 0 Å². The summed E-state index contributed by atoms with van der Waals surface area (Å²) in [7, 11) is -3.39. The van der Waals surface area contributed by atoms with E-state index in [1.54, 1.807) is 0 Å². The van der Waals surface area contributed by atoms with E-state index >= 15 is 0 Å².